The molecular formula is C9H13Cl2N. The van der Waals surface area contributed by atoms with E-state index in [9.17, 15) is 0 Å². The van der Waals surface area contributed by atoms with Crippen molar-refractivity contribution in [1.82, 2.24) is 4.84 Å². The molecule has 0 heterocycles. The maximum atomic E-state index is 5.41. The molecule has 1 aromatic carbocycles. The van der Waals surface area contributed by atoms with Gasteiger partial charge in [-0.15, -0.1) is 12.4 Å². The molecule has 0 saturated carbocycles. The van der Waals surface area contributed by atoms with E-state index in [-0.39, 0.29) is 12.4 Å². The highest BCUT2D eigenvalue weighted by Gasteiger charge is 1.96. The van der Waals surface area contributed by atoms with Crippen molar-refractivity contribution >= 4 is 24.2 Å². The first kappa shape index (κ1) is 11.8. The first-order valence-corrected chi connectivity index (χ1v) is 4.16. The second-order valence-electron chi connectivity index (χ2n) is 2.43. The second-order valence-corrected chi connectivity index (χ2v) is 2.70. The minimum Gasteiger partial charge on any atom is -0.229 e. The number of halogens is 2. The number of aryl methyl sites for hydroxylation is 1. The van der Waals surface area contributed by atoms with Crippen molar-refractivity contribution in [3.63, 3.8) is 0 Å². The number of hydrogen-bond acceptors (Lipinski definition) is 1. The third-order valence-electron chi connectivity index (χ3n) is 1.76. The van der Waals surface area contributed by atoms with Crippen LogP contribution >= 0.6 is 24.2 Å². The maximum Gasteiger partial charge on any atom is 0.0361 e. The third kappa shape index (κ3) is 3.02. The third-order valence-corrected chi connectivity index (χ3v) is 1.89. The van der Waals surface area contributed by atoms with Crippen molar-refractivity contribution in [3.05, 3.63) is 35.4 Å². The summed E-state index contributed by atoms with van der Waals surface area (Å²) < 4.78 is 0. The van der Waals surface area contributed by atoms with Crippen LogP contribution in [0.4, 0.5) is 0 Å². The number of nitrogens with one attached hydrogen (secondary N) is 1. The van der Waals surface area contributed by atoms with Crippen molar-refractivity contribution < 1.29 is 0 Å². The molecule has 1 aromatic rings. The lowest BCUT2D eigenvalue weighted by Crippen LogP contribution is -2.01. The SMILES string of the molecule is CCc1ccccc1CNCl.Cl. The van der Waals surface area contributed by atoms with Crippen molar-refractivity contribution in [2.24, 2.45) is 0 Å². The normalized spacial score (nSPS) is 9.17. The van der Waals surface area contributed by atoms with Crippen molar-refractivity contribution in [2.75, 3.05) is 0 Å². The van der Waals surface area contributed by atoms with Crippen LogP contribution in [0.25, 0.3) is 0 Å². The molecule has 1 nitrogen and oxygen atoms in total. The lowest BCUT2D eigenvalue weighted by molar-refractivity contribution is 0.930. The summed E-state index contributed by atoms with van der Waals surface area (Å²) >= 11 is 5.41. The summed E-state index contributed by atoms with van der Waals surface area (Å²) in [5.74, 6) is 0. The Morgan fingerprint density at radius 1 is 1.25 bits per heavy atom. The predicted molar refractivity (Wildman–Crippen MR) is 55.8 cm³/mol. The first-order valence-electron chi connectivity index (χ1n) is 3.78. The van der Waals surface area contributed by atoms with Gasteiger partial charge in [-0.1, -0.05) is 31.2 Å². The zero-order chi connectivity index (χ0) is 8.10. The van der Waals surface area contributed by atoms with Gasteiger partial charge in [-0.2, -0.15) is 0 Å². The molecule has 0 saturated heterocycles. The van der Waals surface area contributed by atoms with E-state index < -0.39 is 0 Å². The molecule has 0 radical (unpaired) electrons. The molecule has 0 atom stereocenters. The summed E-state index contributed by atoms with van der Waals surface area (Å²) in [6.07, 6.45) is 1.06. The molecule has 3 heteroatoms. The molecule has 0 aliphatic heterocycles. The maximum absolute atomic E-state index is 5.41. The van der Waals surface area contributed by atoms with E-state index in [1.807, 2.05) is 6.07 Å². The summed E-state index contributed by atoms with van der Waals surface area (Å²) in [4.78, 5) is 2.63. The molecule has 1 rings (SSSR count). The molecule has 0 spiro atoms. The van der Waals surface area contributed by atoms with Crippen molar-refractivity contribution in [2.45, 2.75) is 19.9 Å². The van der Waals surface area contributed by atoms with E-state index in [0.29, 0.717) is 0 Å². The Kier molecular flexibility index (Phi) is 6.17. The van der Waals surface area contributed by atoms with Crippen LogP contribution in [-0.4, -0.2) is 0 Å². The van der Waals surface area contributed by atoms with Gasteiger partial charge < -0.3 is 0 Å². The second kappa shape index (κ2) is 6.30. The Balaban J connectivity index is 0.00000121. The van der Waals surface area contributed by atoms with Gasteiger partial charge in [0.25, 0.3) is 0 Å². The number of hydrogen-bond donors (Lipinski definition) is 1. The van der Waals surface area contributed by atoms with Gasteiger partial charge in [-0.05, 0) is 29.3 Å². The largest absolute Gasteiger partial charge is 0.229 e. The molecule has 0 amide bonds. The lowest BCUT2D eigenvalue weighted by atomic mass is 10.1. The highest BCUT2D eigenvalue weighted by molar-refractivity contribution is 6.13. The smallest absolute Gasteiger partial charge is 0.0361 e. The highest BCUT2D eigenvalue weighted by Crippen LogP contribution is 2.08. The van der Waals surface area contributed by atoms with Crippen LogP contribution in [0.5, 0.6) is 0 Å². The minimum absolute atomic E-state index is 0. The average Bonchev–Trinajstić information content (AvgIpc) is 2.06. The van der Waals surface area contributed by atoms with E-state index >= 15 is 0 Å². The Hall–Kier alpha value is -0.240. The molecule has 68 valence electrons. The van der Waals surface area contributed by atoms with Gasteiger partial charge in [0.05, 0.1) is 0 Å². The van der Waals surface area contributed by atoms with E-state index in [0.717, 1.165) is 13.0 Å². The summed E-state index contributed by atoms with van der Waals surface area (Å²) in [5.41, 5.74) is 2.64. The zero-order valence-electron chi connectivity index (χ0n) is 7.01. The Morgan fingerprint density at radius 2 is 1.83 bits per heavy atom. The van der Waals surface area contributed by atoms with Gasteiger partial charge in [0.15, 0.2) is 0 Å². The Morgan fingerprint density at radius 3 is 2.33 bits per heavy atom. The quantitative estimate of drug-likeness (QED) is 0.749. The van der Waals surface area contributed by atoms with Crippen LogP contribution in [0.3, 0.4) is 0 Å². The molecule has 0 aliphatic rings. The average molecular weight is 206 g/mol. The monoisotopic (exact) mass is 205 g/mol. The van der Waals surface area contributed by atoms with E-state index in [1.54, 1.807) is 0 Å². The van der Waals surface area contributed by atoms with Gasteiger partial charge in [-0.25, -0.2) is 4.84 Å². The van der Waals surface area contributed by atoms with Gasteiger partial charge in [0, 0.05) is 6.54 Å². The fraction of sp³-hybridized carbons (Fsp3) is 0.333. The molecular weight excluding hydrogens is 193 g/mol. The lowest BCUT2D eigenvalue weighted by Gasteiger charge is -2.04. The number of rotatable bonds is 3. The molecule has 0 fully saturated rings. The van der Waals surface area contributed by atoms with Crippen LogP contribution in [0.15, 0.2) is 24.3 Å². The predicted octanol–water partition coefficient (Wildman–Crippen LogP) is 2.91. The van der Waals surface area contributed by atoms with E-state index in [1.165, 1.54) is 11.1 Å². The Labute approximate surface area is 84.6 Å². The summed E-state index contributed by atoms with van der Waals surface area (Å²) in [7, 11) is 0. The summed E-state index contributed by atoms with van der Waals surface area (Å²) in [6.45, 7) is 2.89. The van der Waals surface area contributed by atoms with Crippen LogP contribution in [0.1, 0.15) is 18.1 Å². The van der Waals surface area contributed by atoms with Gasteiger partial charge >= 0.3 is 0 Å². The molecule has 0 bridgehead atoms. The fourth-order valence-corrected chi connectivity index (χ4v) is 1.29. The summed E-state index contributed by atoms with van der Waals surface area (Å²) in [6, 6.07) is 8.30. The Bertz CT molecular complexity index is 226. The van der Waals surface area contributed by atoms with E-state index in [4.69, 9.17) is 11.8 Å². The zero-order valence-corrected chi connectivity index (χ0v) is 8.58. The molecule has 0 aromatic heterocycles. The van der Waals surface area contributed by atoms with Gasteiger partial charge in [0.2, 0.25) is 0 Å². The van der Waals surface area contributed by atoms with Crippen LogP contribution < -0.4 is 4.84 Å². The van der Waals surface area contributed by atoms with Crippen LogP contribution in [0, 0.1) is 0 Å². The molecule has 12 heavy (non-hydrogen) atoms. The van der Waals surface area contributed by atoms with Crippen molar-refractivity contribution in [3.8, 4) is 0 Å². The van der Waals surface area contributed by atoms with Crippen molar-refractivity contribution in [1.29, 1.82) is 0 Å². The van der Waals surface area contributed by atoms with Crippen LogP contribution in [0.2, 0.25) is 0 Å². The fourth-order valence-electron chi connectivity index (χ4n) is 1.15. The highest BCUT2D eigenvalue weighted by atomic mass is 35.5. The van der Waals surface area contributed by atoms with E-state index in [2.05, 4.69) is 30.0 Å². The molecule has 0 aliphatic carbocycles. The topological polar surface area (TPSA) is 12.0 Å². The van der Waals surface area contributed by atoms with Crippen LogP contribution in [-0.2, 0) is 13.0 Å². The standard InChI is InChI=1S/C9H12ClN.ClH/c1-2-8-5-3-4-6-9(8)7-11-10;/h3-6,11H,2,7H2,1H3;1H. The van der Waals surface area contributed by atoms with Gasteiger partial charge in [0.1, 0.15) is 0 Å². The van der Waals surface area contributed by atoms with Gasteiger partial charge in [-0.3, -0.25) is 0 Å². The minimum atomic E-state index is 0. The molecule has 1 N–H and O–H groups in total. The number of benzene rings is 1. The molecule has 0 unspecified atom stereocenters. The summed E-state index contributed by atoms with van der Waals surface area (Å²) in [5, 5.41) is 0. The first-order chi connectivity index (χ1) is 5.38.